The van der Waals surface area contributed by atoms with Crippen molar-refractivity contribution in [1.29, 1.82) is 0 Å². The van der Waals surface area contributed by atoms with Crippen LogP contribution in [0.4, 0.5) is 24.5 Å². The third kappa shape index (κ3) is 4.21. The van der Waals surface area contributed by atoms with Crippen LogP contribution in [0.5, 0.6) is 0 Å². The van der Waals surface area contributed by atoms with E-state index in [2.05, 4.69) is 0 Å². The first-order chi connectivity index (χ1) is 11.1. The van der Waals surface area contributed by atoms with Gasteiger partial charge < -0.3 is 10.1 Å². The Labute approximate surface area is 133 Å². The lowest BCUT2D eigenvalue weighted by Crippen LogP contribution is -2.23. The summed E-state index contributed by atoms with van der Waals surface area (Å²) < 4.78 is 43.6. The van der Waals surface area contributed by atoms with Crippen molar-refractivity contribution in [2.45, 2.75) is 19.5 Å². The molecule has 1 aromatic rings. The van der Waals surface area contributed by atoms with E-state index in [0.29, 0.717) is 12.5 Å². The normalized spacial score (nSPS) is 19.5. The van der Waals surface area contributed by atoms with Gasteiger partial charge in [0.05, 0.1) is 22.1 Å². The first kappa shape index (κ1) is 17.7. The smallest absolute Gasteiger partial charge is 0.418 e. The highest BCUT2D eigenvalue weighted by molar-refractivity contribution is 5.94. The van der Waals surface area contributed by atoms with E-state index in [0.717, 1.165) is 12.1 Å². The molecule has 1 N–H and O–H groups in total. The van der Waals surface area contributed by atoms with Gasteiger partial charge in [0.15, 0.2) is 6.61 Å². The van der Waals surface area contributed by atoms with Gasteiger partial charge in [0.25, 0.3) is 11.6 Å². The quantitative estimate of drug-likeness (QED) is 0.502. The standard InChI is InChI=1S/C14H13F3N2O5/c1-7-4-9(7)13(21)24-6-12(20)18-11-3-2-8(19(22)23)5-10(11)14(15,16)17/h2-3,5,7,9H,4,6H2,1H3,(H,18,20)/t7-,9-/m0/s1. The van der Waals surface area contributed by atoms with Gasteiger partial charge in [-0.05, 0) is 18.4 Å². The van der Waals surface area contributed by atoms with E-state index in [1.165, 1.54) is 0 Å². The summed E-state index contributed by atoms with van der Waals surface area (Å²) >= 11 is 0. The molecular weight excluding hydrogens is 333 g/mol. The van der Waals surface area contributed by atoms with E-state index in [1.54, 1.807) is 0 Å². The van der Waals surface area contributed by atoms with Gasteiger partial charge in [-0.2, -0.15) is 13.2 Å². The average Bonchev–Trinajstić information content (AvgIpc) is 3.21. The highest BCUT2D eigenvalue weighted by Crippen LogP contribution is 2.39. The van der Waals surface area contributed by atoms with Crippen molar-refractivity contribution in [3.63, 3.8) is 0 Å². The van der Waals surface area contributed by atoms with Crippen LogP contribution < -0.4 is 5.32 Å². The van der Waals surface area contributed by atoms with Crippen molar-refractivity contribution >= 4 is 23.3 Å². The summed E-state index contributed by atoms with van der Waals surface area (Å²) in [5.41, 5.74) is -2.75. The molecule has 10 heteroatoms. The van der Waals surface area contributed by atoms with Gasteiger partial charge in [-0.3, -0.25) is 19.7 Å². The van der Waals surface area contributed by atoms with Gasteiger partial charge in [-0.25, -0.2) is 0 Å². The number of benzene rings is 1. The van der Waals surface area contributed by atoms with Crippen LogP contribution in [0, 0.1) is 22.0 Å². The minimum absolute atomic E-state index is 0.173. The maximum atomic E-state index is 13.0. The monoisotopic (exact) mass is 346 g/mol. The molecule has 1 aliphatic carbocycles. The van der Waals surface area contributed by atoms with E-state index in [4.69, 9.17) is 4.74 Å². The Balaban J connectivity index is 2.06. The number of amides is 1. The largest absolute Gasteiger partial charge is 0.455 e. The third-order valence-electron chi connectivity index (χ3n) is 3.55. The number of alkyl halides is 3. The van der Waals surface area contributed by atoms with E-state index in [1.807, 2.05) is 12.2 Å². The molecule has 1 aromatic carbocycles. The van der Waals surface area contributed by atoms with Crippen molar-refractivity contribution in [3.8, 4) is 0 Å². The van der Waals surface area contributed by atoms with Crippen molar-refractivity contribution in [1.82, 2.24) is 0 Å². The molecule has 0 aliphatic heterocycles. The Bertz CT molecular complexity index is 689. The number of ether oxygens (including phenoxy) is 1. The minimum atomic E-state index is -4.89. The number of halogens is 3. The number of nitrogens with one attached hydrogen (secondary N) is 1. The first-order valence-corrected chi connectivity index (χ1v) is 6.91. The number of anilines is 1. The van der Waals surface area contributed by atoms with Gasteiger partial charge in [-0.1, -0.05) is 6.92 Å². The number of hydrogen-bond donors (Lipinski definition) is 1. The molecule has 0 saturated heterocycles. The second-order valence-corrected chi connectivity index (χ2v) is 5.46. The number of rotatable bonds is 5. The van der Waals surface area contributed by atoms with Crippen LogP contribution in [0.3, 0.4) is 0 Å². The zero-order valence-corrected chi connectivity index (χ0v) is 12.4. The molecule has 2 atom stereocenters. The summed E-state index contributed by atoms with van der Waals surface area (Å²) in [4.78, 5) is 32.7. The zero-order chi connectivity index (χ0) is 18.1. The highest BCUT2D eigenvalue weighted by atomic mass is 19.4. The van der Waals surface area contributed by atoms with Gasteiger partial charge in [0.1, 0.15) is 0 Å². The van der Waals surface area contributed by atoms with Crippen LogP contribution in [-0.2, 0) is 20.5 Å². The minimum Gasteiger partial charge on any atom is -0.455 e. The molecule has 0 heterocycles. The molecule has 0 bridgehead atoms. The number of hydrogen-bond acceptors (Lipinski definition) is 5. The number of carbonyl (C=O) groups is 2. The molecule has 24 heavy (non-hydrogen) atoms. The lowest BCUT2D eigenvalue weighted by atomic mass is 10.1. The molecule has 1 aliphatic rings. The Morgan fingerprint density at radius 3 is 2.54 bits per heavy atom. The molecular formula is C14H13F3N2O5. The fourth-order valence-electron chi connectivity index (χ4n) is 2.07. The van der Waals surface area contributed by atoms with E-state index in [-0.39, 0.29) is 11.8 Å². The summed E-state index contributed by atoms with van der Waals surface area (Å²) in [6.07, 6.45) is -4.24. The molecule has 0 unspecified atom stereocenters. The van der Waals surface area contributed by atoms with Crippen LogP contribution in [0.25, 0.3) is 0 Å². The lowest BCUT2D eigenvalue weighted by molar-refractivity contribution is -0.385. The number of nitrogens with zero attached hydrogens (tertiary/aromatic N) is 1. The number of carbonyl (C=O) groups excluding carboxylic acids is 2. The second-order valence-electron chi connectivity index (χ2n) is 5.46. The molecule has 2 rings (SSSR count). The average molecular weight is 346 g/mol. The first-order valence-electron chi connectivity index (χ1n) is 6.91. The number of nitro benzene ring substituents is 1. The highest BCUT2D eigenvalue weighted by Gasteiger charge is 2.41. The van der Waals surface area contributed by atoms with Crippen LogP contribution in [0.1, 0.15) is 18.9 Å². The topological polar surface area (TPSA) is 98.5 Å². The molecule has 7 nitrogen and oxygen atoms in total. The molecule has 1 fully saturated rings. The SMILES string of the molecule is C[C@H]1C[C@@H]1C(=O)OCC(=O)Nc1ccc([N+](=O)[O-])cc1C(F)(F)F. The Morgan fingerprint density at radius 2 is 2.04 bits per heavy atom. The third-order valence-corrected chi connectivity index (χ3v) is 3.55. The molecule has 0 radical (unpaired) electrons. The van der Waals surface area contributed by atoms with Crippen molar-refractivity contribution in [3.05, 3.63) is 33.9 Å². The van der Waals surface area contributed by atoms with Crippen molar-refractivity contribution in [2.75, 3.05) is 11.9 Å². The number of non-ortho nitro benzene ring substituents is 1. The maximum absolute atomic E-state index is 13.0. The summed E-state index contributed by atoms with van der Waals surface area (Å²) in [6.45, 7) is 1.11. The maximum Gasteiger partial charge on any atom is 0.418 e. The summed E-state index contributed by atoms with van der Waals surface area (Å²) in [7, 11) is 0. The predicted octanol–water partition coefficient (Wildman–Crippen LogP) is 2.75. The Morgan fingerprint density at radius 1 is 1.42 bits per heavy atom. The molecule has 1 amide bonds. The second kappa shape index (κ2) is 6.46. The molecule has 0 spiro atoms. The predicted molar refractivity (Wildman–Crippen MR) is 75.0 cm³/mol. The van der Waals surface area contributed by atoms with Gasteiger partial charge in [0, 0.05) is 12.1 Å². The Hall–Kier alpha value is -2.65. The molecule has 130 valence electrons. The van der Waals surface area contributed by atoms with E-state index < -0.39 is 46.5 Å². The van der Waals surface area contributed by atoms with E-state index in [9.17, 15) is 32.9 Å². The molecule has 1 saturated carbocycles. The van der Waals surface area contributed by atoms with Crippen LogP contribution in [0.15, 0.2) is 18.2 Å². The summed E-state index contributed by atoms with van der Waals surface area (Å²) in [6, 6.07) is 1.94. The fourth-order valence-corrected chi connectivity index (χ4v) is 2.07. The summed E-state index contributed by atoms with van der Waals surface area (Å²) in [5, 5.41) is 12.5. The van der Waals surface area contributed by atoms with Gasteiger partial charge in [0.2, 0.25) is 0 Å². The van der Waals surface area contributed by atoms with Gasteiger partial charge >= 0.3 is 12.1 Å². The molecule has 0 aromatic heterocycles. The van der Waals surface area contributed by atoms with E-state index >= 15 is 0 Å². The van der Waals surface area contributed by atoms with Crippen molar-refractivity contribution < 1.29 is 32.4 Å². The number of nitro groups is 1. The van der Waals surface area contributed by atoms with Crippen molar-refractivity contribution in [2.24, 2.45) is 11.8 Å². The van der Waals surface area contributed by atoms with Crippen LogP contribution in [-0.4, -0.2) is 23.4 Å². The Kier molecular flexibility index (Phi) is 4.76. The fraction of sp³-hybridized carbons (Fsp3) is 0.429. The zero-order valence-electron chi connectivity index (χ0n) is 12.4. The van der Waals surface area contributed by atoms with Gasteiger partial charge in [-0.15, -0.1) is 0 Å². The lowest BCUT2D eigenvalue weighted by Gasteiger charge is -2.13. The summed E-state index contributed by atoms with van der Waals surface area (Å²) in [5.74, 6) is -1.64. The van der Waals surface area contributed by atoms with Crippen LogP contribution in [0.2, 0.25) is 0 Å². The van der Waals surface area contributed by atoms with Crippen LogP contribution >= 0.6 is 0 Å². The number of esters is 1.